The number of nitrogens with zero attached hydrogens (tertiary/aromatic N) is 2. The molecule has 1 spiro atoms. The first-order valence-corrected chi connectivity index (χ1v) is 24.2. The highest BCUT2D eigenvalue weighted by molar-refractivity contribution is 6.10. The summed E-state index contributed by atoms with van der Waals surface area (Å²) in [6.45, 7) is 0. The maximum atomic E-state index is 2.51. The molecule has 3 aliphatic carbocycles. The Morgan fingerprint density at radius 3 is 1.68 bits per heavy atom. The maximum Gasteiger partial charge on any atom is 0.0722 e. The Labute approximate surface area is 403 Å². The van der Waals surface area contributed by atoms with Crippen molar-refractivity contribution in [3.05, 3.63) is 283 Å². The molecule has 0 bridgehead atoms. The first-order chi connectivity index (χ1) is 34.2. The number of para-hydroxylation sites is 1. The van der Waals surface area contributed by atoms with Crippen LogP contribution >= 0.6 is 0 Å². The summed E-state index contributed by atoms with van der Waals surface area (Å²) in [5.41, 5.74) is 24.7. The van der Waals surface area contributed by atoms with Crippen molar-refractivity contribution in [2.24, 2.45) is 0 Å². The highest BCUT2D eigenvalue weighted by atomic mass is 15.1. The van der Waals surface area contributed by atoms with E-state index in [4.69, 9.17) is 0 Å². The van der Waals surface area contributed by atoms with E-state index < -0.39 is 5.41 Å². The van der Waals surface area contributed by atoms with E-state index >= 15 is 0 Å². The van der Waals surface area contributed by atoms with Gasteiger partial charge in [-0.15, -0.1) is 0 Å². The van der Waals surface area contributed by atoms with Gasteiger partial charge in [-0.05, 0) is 151 Å². The third-order valence-electron chi connectivity index (χ3n) is 15.1. The molecule has 14 rings (SSSR count). The van der Waals surface area contributed by atoms with Crippen LogP contribution in [0, 0.1) is 0 Å². The predicted molar refractivity (Wildman–Crippen MR) is 289 cm³/mol. The minimum Gasteiger partial charge on any atom is -0.310 e. The number of rotatable bonds is 7. The van der Waals surface area contributed by atoms with Crippen LogP contribution in [0.2, 0.25) is 0 Å². The van der Waals surface area contributed by atoms with E-state index in [2.05, 4.69) is 264 Å². The van der Waals surface area contributed by atoms with Gasteiger partial charge >= 0.3 is 0 Å². The Hall–Kier alpha value is -8.72. The smallest absolute Gasteiger partial charge is 0.0722 e. The molecule has 10 aromatic carbocycles. The Kier molecular flexibility index (Phi) is 8.97. The zero-order valence-corrected chi connectivity index (χ0v) is 38.1. The lowest BCUT2D eigenvalue weighted by Crippen LogP contribution is -2.27. The van der Waals surface area contributed by atoms with Gasteiger partial charge < -0.3 is 9.47 Å². The third kappa shape index (κ3) is 6.05. The van der Waals surface area contributed by atoms with Gasteiger partial charge in [0.05, 0.1) is 16.4 Å². The monoisotopic (exact) mass is 878 g/mol. The standard InChI is InChI=1S/C67H46N2/c1-3-16-45(17-4-1)47-30-35-51(36-31-47)68(54-39-41-58-57-24-9-13-28-63(57)67(64(58)44-54)61-26-11-7-22-55(61)56-23-8-12-27-62(56)67)53-21-15-20-49(42-53)50-34-40-60-59-25-10-14-29-65(59)69(66(60)43-50)52-37-32-48(33-38-52)46-18-5-2-6-19-46/h1-7,9-22,24-44H,8,23H2. The van der Waals surface area contributed by atoms with Crippen molar-refractivity contribution in [1.29, 1.82) is 0 Å². The highest BCUT2D eigenvalue weighted by Crippen LogP contribution is 2.64. The van der Waals surface area contributed by atoms with E-state index in [1.165, 1.54) is 94.2 Å². The minimum atomic E-state index is -0.398. The number of allylic oxidation sites excluding steroid dienone is 4. The molecular formula is C67H46N2. The second-order valence-electron chi connectivity index (χ2n) is 18.7. The third-order valence-corrected chi connectivity index (χ3v) is 15.1. The number of aromatic nitrogens is 1. The van der Waals surface area contributed by atoms with E-state index in [1.807, 2.05) is 0 Å². The van der Waals surface area contributed by atoms with Crippen LogP contribution in [0.4, 0.5) is 17.1 Å². The molecule has 0 fully saturated rings. The van der Waals surface area contributed by atoms with Crippen LogP contribution in [-0.2, 0) is 5.41 Å². The Morgan fingerprint density at radius 2 is 0.913 bits per heavy atom. The fourth-order valence-electron chi connectivity index (χ4n) is 12.1. The minimum absolute atomic E-state index is 0.398. The van der Waals surface area contributed by atoms with Gasteiger partial charge in [0.1, 0.15) is 0 Å². The number of hydrogen-bond acceptors (Lipinski definition) is 1. The van der Waals surface area contributed by atoms with E-state index in [-0.39, 0.29) is 0 Å². The van der Waals surface area contributed by atoms with E-state index in [0.29, 0.717) is 0 Å². The summed E-state index contributed by atoms with van der Waals surface area (Å²) < 4.78 is 2.43. The number of anilines is 3. The molecule has 1 aromatic heterocycles. The average molecular weight is 879 g/mol. The molecule has 0 aliphatic heterocycles. The van der Waals surface area contributed by atoms with Crippen molar-refractivity contribution < 1.29 is 0 Å². The van der Waals surface area contributed by atoms with Gasteiger partial charge in [-0.2, -0.15) is 0 Å². The summed E-state index contributed by atoms with van der Waals surface area (Å²) in [5, 5.41) is 2.49. The lowest BCUT2D eigenvalue weighted by molar-refractivity contribution is 0.780. The second kappa shape index (κ2) is 15.7. The fraction of sp³-hybridized carbons (Fsp3) is 0.0448. The molecule has 3 aliphatic rings. The lowest BCUT2D eigenvalue weighted by atomic mass is 9.69. The first kappa shape index (κ1) is 39.4. The molecule has 0 saturated carbocycles. The number of hydrogen-bond donors (Lipinski definition) is 0. The van der Waals surface area contributed by atoms with Crippen molar-refractivity contribution in [2.45, 2.75) is 18.3 Å². The lowest BCUT2D eigenvalue weighted by Gasteiger charge is -2.33. The van der Waals surface area contributed by atoms with Crippen LogP contribution in [0.3, 0.4) is 0 Å². The molecule has 2 heteroatoms. The van der Waals surface area contributed by atoms with Crippen molar-refractivity contribution in [2.75, 3.05) is 4.90 Å². The van der Waals surface area contributed by atoms with Crippen molar-refractivity contribution in [1.82, 2.24) is 4.57 Å². The van der Waals surface area contributed by atoms with Gasteiger partial charge in [0.2, 0.25) is 0 Å². The van der Waals surface area contributed by atoms with Crippen LogP contribution in [0.1, 0.15) is 35.1 Å². The highest BCUT2D eigenvalue weighted by Gasteiger charge is 2.52. The van der Waals surface area contributed by atoms with Gasteiger partial charge in [0.25, 0.3) is 0 Å². The summed E-state index contributed by atoms with van der Waals surface area (Å²) in [5.74, 6) is 0. The number of fused-ring (bicyclic) bond motifs is 12. The van der Waals surface area contributed by atoms with Crippen LogP contribution in [0.15, 0.2) is 260 Å². The van der Waals surface area contributed by atoms with E-state index in [9.17, 15) is 0 Å². The molecule has 0 radical (unpaired) electrons. The van der Waals surface area contributed by atoms with Crippen molar-refractivity contribution in [3.8, 4) is 50.2 Å². The van der Waals surface area contributed by atoms with E-state index in [0.717, 1.165) is 41.2 Å². The average Bonchev–Trinajstić information content (AvgIpc) is 4.03. The second-order valence-corrected chi connectivity index (χ2v) is 18.7. The Balaban J connectivity index is 0.936. The Bertz CT molecular complexity index is 3870. The summed E-state index contributed by atoms with van der Waals surface area (Å²) in [6.07, 6.45) is 6.96. The van der Waals surface area contributed by atoms with Gasteiger partial charge in [-0.1, -0.05) is 194 Å². The SMILES string of the molecule is C1=CC2=C(CC1)c1ccccc1C21c2ccccc2-c2ccc(N(c3ccc(-c4ccccc4)cc3)c3cccc(-c4ccc5c6ccccc6n(-c6ccc(-c7ccccc7)cc6)c5c4)c3)cc21. The molecule has 11 aromatic rings. The molecule has 0 saturated heterocycles. The fourth-order valence-corrected chi connectivity index (χ4v) is 12.1. The summed E-state index contributed by atoms with van der Waals surface area (Å²) >= 11 is 0. The molecule has 69 heavy (non-hydrogen) atoms. The molecule has 0 N–H and O–H groups in total. The zero-order valence-electron chi connectivity index (χ0n) is 38.1. The molecular weight excluding hydrogens is 833 g/mol. The quantitative estimate of drug-likeness (QED) is 0.155. The first-order valence-electron chi connectivity index (χ1n) is 24.2. The van der Waals surface area contributed by atoms with Gasteiger partial charge in [-0.3, -0.25) is 0 Å². The van der Waals surface area contributed by atoms with Gasteiger partial charge in [0, 0.05) is 33.5 Å². The topological polar surface area (TPSA) is 8.17 Å². The summed E-state index contributed by atoms with van der Waals surface area (Å²) in [6, 6.07) is 89.9. The molecule has 0 amide bonds. The van der Waals surface area contributed by atoms with Gasteiger partial charge in [-0.25, -0.2) is 0 Å². The molecule has 1 atom stereocenters. The van der Waals surface area contributed by atoms with E-state index in [1.54, 1.807) is 0 Å². The molecule has 1 heterocycles. The normalized spacial score (nSPS) is 15.4. The zero-order chi connectivity index (χ0) is 45.5. The summed E-state index contributed by atoms with van der Waals surface area (Å²) in [7, 11) is 0. The van der Waals surface area contributed by atoms with Crippen LogP contribution in [0.25, 0.3) is 77.6 Å². The van der Waals surface area contributed by atoms with Crippen LogP contribution < -0.4 is 4.90 Å². The molecule has 1 unspecified atom stereocenters. The Morgan fingerprint density at radius 1 is 0.362 bits per heavy atom. The number of benzene rings is 10. The maximum absolute atomic E-state index is 2.51. The summed E-state index contributed by atoms with van der Waals surface area (Å²) in [4.78, 5) is 2.46. The largest absolute Gasteiger partial charge is 0.310 e. The predicted octanol–water partition coefficient (Wildman–Crippen LogP) is 17.7. The molecule has 324 valence electrons. The van der Waals surface area contributed by atoms with Crippen molar-refractivity contribution >= 4 is 44.4 Å². The van der Waals surface area contributed by atoms with Crippen LogP contribution in [0.5, 0.6) is 0 Å². The van der Waals surface area contributed by atoms with Crippen LogP contribution in [-0.4, -0.2) is 4.57 Å². The molecule has 2 nitrogen and oxygen atoms in total. The van der Waals surface area contributed by atoms with Gasteiger partial charge in [0.15, 0.2) is 0 Å². The van der Waals surface area contributed by atoms with Crippen molar-refractivity contribution in [3.63, 3.8) is 0 Å².